The van der Waals surface area contributed by atoms with Gasteiger partial charge in [-0.25, -0.2) is 0 Å². The Morgan fingerprint density at radius 2 is 1.71 bits per heavy atom. The number of hydrogen-bond acceptors (Lipinski definition) is 3. The molecule has 2 bridgehead atoms. The molecule has 3 nitrogen and oxygen atoms in total. The van der Waals surface area contributed by atoms with E-state index in [4.69, 9.17) is 4.98 Å². The molecule has 1 aromatic heterocycles. The van der Waals surface area contributed by atoms with Gasteiger partial charge < -0.3 is 0 Å². The zero-order valence-corrected chi connectivity index (χ0v) is 19.0. The van der Waals surface area contributed by atoms with Crippen LogP contribution in [0.15, 0.2) is 18.3 Å². The molecule has 0 amide bonds. The Bertz CT molecular complexity index is 657. The fourth-order valence-corrected chi connectivity index (χ4v) is 6.26. The molecule has 0 spiro atoms. The van der Waals surface area contributed by atoms with E-state index < -0.39 is 0 Å². The van der Waals surface area contributed by atoms with Crippen LogP contribution < -0.4 is 0 Å². The van der Waals surface area contributed by atoms with Crippen molar-refractivity contribution in [2.45, 2.75) is 109 Å². The number of pyridine rings is 1. The molecule has 3 atom stereocenters. The van der Waals surface area contributed by atoms with Gasteiger partial charge in [-0.3, -0.25) is 14.8 Å². The van der Waals surface area contributed by atoms with Gasteiger partial charge in [0.2, 0.25) is 0 Å². The maximum atomic E-state index is 4.98. The van der Waals surface area contributed by atoms with Crippen LogP contribution in [0.5, 0.6) is 0 Å². The highest BCUT2D eigenvalue weighted by atomic mass is 15.3. The Kier molecular flexibility index (Phi) is 5.37. The lowest BCUT2D eigenvalue weighted by Crippen LogP contribution is -2.63. The molecule has 1 unspecified atom stereocenters. The van der Waals surface area contributed by atoms with E-state index in [1.165, 1.54) is 56.5 Å². The number of piperazine rings is 1. The van der Waals surface area contributed by atoms with Gasteiger partial charge in [-0.1, -0.05) is 26.8 Å². The second-order valence-electron chi connectivity index (χ2n) is 10.8. The highest BCUT2D eigenvalue weighted by Crippen LogP contribution is 2.64. The zero-order chi connectivity index (χ0) is 20.1. The van der Waals surface area contributed by atoms with E-state index in [2.05, 4.69) is 69.7 Å². The van der Waals surface area contributed by atoms with Crippen LogP contribution in [0.3, 0.4) is 0 Å². The topological polar surface area (TPSA) is 19.4 Å². The average molecular weight is 384 g/mol. The molecule has 0 N–H and O–H groups in total. The summed E-state index contributed by atoms with van der Waals surface area (Å²) in [5.74, 6) is 1.01. The molecule has 4 aliphatic rings. The minimum atomic E-state index is 0.244. The zero-order valence-electron chi connectivity index (χ0n) is 19.0. The molecule has 3 heteroatoms. The predicted molar refractivity (Wildman–Crippen MR) is 118 cm³/mol. The molecule has 28 heavy (non-hydrogen) atoms. The van der Waals surface area contributed by atoms with Gasteiger partial charge in [0.25, 0.3) is 0 Å². The average Bonchev–Trinajstić information content (AvgIpc) is 2.59. The normalized spacial score (nSPS) is 34.6. The summed E-state index contributed by atoms with van der Waals surface area (Å²) in [6.07, 6.45) is 9.99. The third-order valence-electron chi connectivity index (χ3n) is 8.08. The van der Waals surface area contributed by atoms with E-state index in [1.807, 2.05) is 0 Å². The summed E-state index contributed by atoms with van der Waals surface area (Å²) >= 11 is 0. The quantitative estimate of drug-likeness (QED) is 0.641. The van der Waals surface area contributed by atoms with Crippen molar-refractivity contribution in [1.29, 1.82) is 0 Å². The third-order valence-corrected chi connectivity index (χ3v) is 8.08. The second-order valence-corrected chi connectivity index (χ2v) is 10.8. The van der Waals surface area contributed by atoms with Crippen molar-refractivity contribution in [2.24, 2.45) is 5.92 Å². The van der Waals surface area contributed by atoms with Crippen molar-refractivity contribution in [1.82, 2.24) is 14.8 Å². The molecule has 1 saturated heterocycles. The van der Waals surface area contributed by atoms with Crippen molar-refractivity contribution >= 4 is 0 Å². The Balaban J connectivity index is 1.54. The van der Waals surface area contributed by atoms with Gasteiger partial charge in [0.15, 0.2) is 0 Å². The van der Waals surface area contributed by atoms with Crippen molar-refractivity contribution in [3.63, 3.8) is 0 Å². The first-order chi connectivity index (χ1) is 13.3. The van der Waals surface area contributed by atoms with Crippen LogP contribution in [0.25, 0.3) is 0 Å². The van der Waals surface area contributed by atoms with E-state index in [-0.39, 0.29) is 5.54 Å². The summed E-state index contributed by atoms with van der Waals surface area (Å²) < 4.78 is 0. The number of aromatic nitrogens is 1. The SMILES string of the molecule is CCC(c1ccc(C23CC(C2)C3)nc1)N1C[C@H](CC)N(C(C)(C)C)C[C@H]1CC. The van der Waals surface area contributed by atoms with Crippen LogP contribution in [0.1, 0.15) is 97.4 Å². The van der Waals surface area contributed by atoms with Crippen LogP contribution in [-0.4, -0.2) is 45.5 Å². The van der Waals surface area contributed by atoms with Crippen LogP contribution in [-0.2, 0) is 5.41 Å². The highest BCUT2D eigenvalue weighted by Gasteiger charge is 2.58. The van der Waals surface area contributed by atoms with Gasteiger partial charge in [0.05, 0.1) is 0 Å². The van der Waals surface area contributed by atoms with Crippen LogP contribution >= 0.6 is 0 Å². The molecule has 2 heterocycles. The van der Waals surface area contributed by atoms with Gasteiger partial charge in [-0.2, -0.15) is 0 Å². The van der Waals surface area contributed by atoms with Crippen LogP contribution in [0.4, 0.5) is 0 Å². The van der Waals surface area contributed by atoms with Crippen LogP contribution in [0.2, 0.25) is 0 Å². The minimum absolute atomic E-state index is 0.244. The molecule has 156 valence electrons. The summed E-state index contributed by atoms with van der Waals surface area (Å²) in [4.78, 5) is 10.6. The maximum absolute atomic E-state index is 4.98. The van der Waals surface area contributed by atoms with Crippen molar-refractivity contribution < 1.29 is 0 Å². The van der Waals surface area contributed by atoms with E-state index in [1.54, 1.807) is 0 Å². The summed E-state index contributed by atoms with van der Waals surface area (Å²) in [5, 5.41) is 0. The number of nitrogens with zero attached hydrogens (tertiary/aromatic N) is 3. The monoisotopic (exact) mass is 383 g/mol. The number of hydrogen-bond donors (Lipinski definition) is 0. The van der Waals surface area contributed by atoms with E-state index in [0.717, 1.165) is 12.3 Å². The smallest absolute Gasteiger partial charge is 0.0465 e. The second kappa shape index (κ2) is 7.40. The lowest BCUT2D eigenvalue weighted by Gasteiger charge is -2.61. The van der Waals surface area contributed by atoms with Gasteiger partial charge in [0, 0.05) is 54.1 Å². The lowest BCUT2D eigenvalue weighted by atomic mass is 9.43. The Morgan fingerprint density at radius 3 is 2.14 bits per heavy atom. The van der Waals surface area contributed by atoms with Gasteiger partial charge >= 0.3 is 0 Å². The standard InChI is InChI=1S/C25H41N3/c1-7-20-17-28(24(4,5)6)21(8-2)16-27(20)22(9-3)19-10-11-23(26-15-19)25-12-18(13-25)14-25/h10-11,15,18,20-22H,7-9,12-14,16-17H2,1-6H3/t18?,20-,21+,22?,25?/m1/s1. The first-order valence-electron chi connectivity index (χ1n) is 11.8. The Morgan fingerprint density at radius 1 is 1.04 bits per heavy atom. The van der Waals surface area contributed by atoms with E-state index >= 15 is 0 Å². The minimum Gasteiger partial charge on any atom is -0.293 e. The van der Waals surface area contributed by atoms with Gasteiger partial charge in [0.1, 0.15) is 0 Å². The van der Waals surface area contributed by atoms with E-state index in [9.17, 15) is 0 Å². The highest BCUT2D eigenvalue weighted by molar-refractivity contribution is 5.31. The number of rotatable bonds is 6. The fraction of sp³-hybridized carbons (Fsp3) is 0.800. The van der Waals surface area contributed by atoms with Crippen LogP contribution in [0, 0.1) is 5.92 Å². The fourth-order valence-electron chi connectivity index (χ4n) is 6.26. The van der Waals surface area contributed by atoms with Crippen molar-refractivity contribution in [2.75, 3.05) is 13.1 Å². The molecule has 1 aromatic rings. The van der Waals surface area contributed by atoms with Crippen molar-refractivity contribution in [3.05, 3.63) is 29.6 Å². The molecular formula is C25H41N3. The molecule has 1 aliphatic heterocycles. The third kappa shape index (κ3) is 3.33. The Hall–Kier alpha value is -0.930. The molecule has 4 fully saturated rings. The first kappa shape index (κ1) is 20.3. The Labute approximate surface area is 172 Å². The molecule has 3 saturated carbocycles. The molecule has 5 rings (SSSR count). The predicted octanol–water partition coefficient (Wildman–Crippen LogP) is 5.56. The van der Waals surface area contributed by atoms with E-state index in [0.29, 0.717) is 23.5 Å². The molecule has 3 aliphatic carbocycles. The summed E-state index contributed by atoms with van der Waals surface area (Å²) in [5.41, 5.74) is 3.51. The van der Waals surface area contributed by atoms with Gasteiger partial charge in [-0.15, -0.1) is 0 Å². The van der Waals surface area contributed by atoms with Crippen molar-refractivity contribution in [3.8, 4) is 0 Å². The van der Waals surface area contributed by atoms with Gasteiger partial charge in [-0.05, 0) is 76.8 Å². The maximum Gasteiger partial charge on any atom is 0.0465 e. The molecule has 0 radical (unpaired) electrons. The first-order valence-corrected chi connectivity index (χ1v) is 11.8. The molecule has 0 aromatic carbocycles. The summed E-state index contributed by atoms with van der Waals surface area (Å²) in [6.45, 7) is 16.6. The lowest BCUT2D eigenvalue weighted by molar-refractivity contribution is -0.0447. The largest absolute Gasteiger partial charge is 0.293 e. The molecular weight excluding hydrogens is 342 g/mol. The summed E-state index contributed by atoms with van der Waals surface area (Å²) in [7, 11) is 0. The summed E-state index contributed by atoms with van der Waals surface area (Å²) in [6, 6.07) is 6.53.